The van der Waals surface area contributed by atoms with E-state index >= 15 is 0 Å². The van der Waals surface area contributed by atoms with Gasteiger partial charge in [-0.2, -0.15) is 0 Å². The summed E-state index contributed by atoms with van der Waals surface area (Å²) in [6, 6.07) is 12.6. The molecule has 5 heteroatoms. The molecule has 23 heavy (non-hydrogen) atoms. The van der Waals surface area contributed by atoms with E-state index in [1.807, 2.05) is 31.2 Å². The molecule has 0 bridgehead atoms. The third-order valence-electron chi connectivity index (χ3n) is 3.51. The Hall–Kier alpha value is -1.91. The maximum atomic E-state index is 13.7. The molecule has 0 spiro atoms. The number of amides is 1. The number of carbonyl (C=O) groups excluding carboxylic acids is 1. The molecule has 0 aromatic heterocycles. The summed E-state index contributed by atoms with van der Waals surface area (Å²) in [7, 11) is 1.76. The molecule has 0 atom stereocenters. The average molecular weight is 335 g/mol. The third kappa shape index (κ3) is 5.34. The van der Waals surface area contributed by atoms with E-state index in [1.165, 1.54) is 11.6 Å². The number of nitrogens with zero attached hydrogens (tertiary/aromatic N) is 1. The molecule has 122 valence electrons. The van der Waals surface area contributed by atoms with E-state index in [0.29, 0.717) is 17.1 Å². The van der Waals surface area contributed by atoms with Crippen molar-refractivity contribution in [1.82, 2.24) is 10.2 Å². The van der Waals surface area contributed by atoms with Gasteiger partial charge >= 0.3 is 0 Å². The van der Waals surface area contributed by atoms with Gasteiger partial charge in [-0.25, -0.2) is 4.39 Å². The van der Waals surface area contributed by atoms with Crippen LogP contribution < -0.4 is 5.32 Å². The molecular weight excluding hydrogens is 315 g/mol. The first kappa shape index (κ1) is 17.4. The van der Waals surface area contributed by atoms with Gasteiger partial charge in [-0.3, -0.25) is 9.69 Å². The fraction of sp³-hybridized carbons (Fsp3) is 0.278. The summed E-state index contributed by atoms with van der Waals surface area (Å²) in [4.78, 5) is 13.7. The Balaban J connectivity index is 1.84. The van der Waals surface area contributed by atoms with Crippen LogP contribution in [-0.2, 0) is 17.9 Å². The second-order valence-electron chi connectivity index (χ2n) is 5.63. The van der Waals surface area contributed by atoms with Crippen LogP contribution >= 0.6 is 11.6 Å². The quantitative estimate of drug-likeness (QED) is 0.876. The summed E-state index contributed by atoms with van der Waals surface area (Å²) in [6.07, 6.45) is 0. The van der Waals surface area contributed by atoms with Gasteiger partial charge in [0.05, 0.1) is 6.54 Å². The lowest BCUT2D eigenvalue weighted by Crippen LogP contribution is -2.34. The molecule has 0 radical (unpaired) electrons. The van der Waals surface area contributed by atoms with Crippen LogP contribution in [0.3, 0.4) is 0 Å². The van der Waals surface area contributed by atoms with Crippen molar-refractivity contribution < 1.29 is 9.18 Å². The van der Waals surface area contributed by atoms with Crippen LogP contribution in [0.5, 0.6) is 0 Å². The van der Waals surface area contributed by atoms with Gasteiger partial charge in [0.15, 0.2) is 0 Å². The molecule has 1 N–H and O–H groups in total. The number of likely N-dealkylation sites (N-methyl/N-ethyl adjacent to an activating group) is 1. The van der Waals surface area contributed by atoms with E-state index in [9.17, 15) is 9.18 Å². The van der Waals surface area contributed by atoms with Gasteiger partial charge in [0.2, 0.25) is 5.91 Å². The number of hydrogen-bond donors (Lipinski definition) is 1. The lowest BCUT2D eigenvalue weighted by molar-refractivity contribution is -0.122. The number of halogens is 2. The van der Waals surface area contributed by atoms with Crippen molar-refractivity contribution in [2.45, 2.75) is 20.0 Å². The molecule has 0 fully saturated rings. The van der Waals surface area contributed by atoms with Crippen LogP contribution in [0.1, 0.15) is 16.7 Å². The molecule has 0 aliphatic heterocycles. The van der Waals surface area contributed by atoms with Crippen LogP contribution in [0.15, 0.2) is 42.5 Å². The Morgan fingerprint density at radius 3 is 2.57 bits per heavy atom. The molecule has 1 amide bonds. The highest BCUT2D eigenvalue weighted by molar-refractivity contribution is 6.31. The first-order valence-electron chi connectivity index (χ1n) is 7.39. The zero-order valence-electron chi connectivity index (χ0n) is 13.3. The molecule has 2 rings (SSSR count). The molecule has 0 heterocycles. The molecular formula is C18H20ClFN2O. The summed E-state index contributed by atoms with van der Waals surface area (Å²) < 4.78 is 13.7. The van der Waals surface area contributed by atoms with Crippen LogP contribution in [0.25, 0.3) is 0 Å². The lowest BCUT2D eigenvalue weighted by atomic mass is 10.1. The van der Waals surface area contributed by atoms with Crippen molar-refractivity contribution in [2.24, 2.45) is 0 Å². The molecule has 2 aromatic rings. The number of nitrogens with one attached hydrogen (secondary N) is 1. The normalized spacial score (nSPS) is 10.8. The smallest absolute Gasteiger partial charge is 0.234 e. The predicted molar refractivity (Wildman–Crippen MR) is 90.8 cm³/mol. The number of benzene rings is 2. The summed E-state index contributed by atoms with van der Waals surface area (Å²) in [5, 5.41) is 3.23. The predicted octanol–water partition coefficient (Wildman–Crippen LogP) is 3.54. The largest absolute Gasteiger partial charge is 0.351 e. The van der Waals surface area contributed by atoms with E-state index in [-0.39, 0.29) is 24.8 Å². The van der Waals surface area contributed by atoms with Gasteiger partial charge in [-0.05, 0) is 31.7 Å². The van der Waals surface area contributed by atoms with E-state index < -0.39 is 0 Å². The van der Waals surface area contributed by atoms with Crippen LogP contribution in [-0.4, -0.2) is 24.4 Å². The minimum absolute atomic E-state index is 0.111. The minimum Gasteiger partial charge on any atom is -0.351 e. The molecule has 2 aromatic carbocycles. The van der Waals surface area contributed by atoms with Crippen LogP contribution in [0.4, 0.5) is 4.39 Å². The third-order valence-corrected chi connectivity index (χ3v) is 3.87. The molecule has 0 aliphatic carbocycles. The first-order valence-corrected chi connectivity index (χ1v) is 7.77. The lowest BCUT2D eigenvalue weighted by Gasteiger charge is -2.17. The van der Waals surface area contributed by atoms with Crippen LogP contribution in [0.2, 0.25) is 5.02 Å². The Bertz CT molecular complexity index is 653. The van der Waals surface area contributed by atoms with E-state index in [4.69, 9.17) is 11.6 Å². The van der Waals surface area contributed by atoms with E-state index in [2.05, 4.69) is 5.32 Å². The number of aryl methyl sites for hydroxylation is 1. The average Bonchev–Trinajstić information content (AvgIpc) is 2.50. The van der Waals surface area contributed by atoms with Gasteiger partial charge in [0.1, 0.15) is 5.82 Å². The number of hydrogen-bond acceptors (Lipinski definition) is 2. The van der Waals surface area contributed by atoms with Crippen molar-refractivity contribution in [3.8, 4) is 0 Å². The molecule has 3 nitrogen and oxygen atoms in total. The van der Waals surface area contributed by atoms with Gasteiger partial charge in [0.25, 0.3) is 0 Å². The first-order chi connectivity index (χ1) is 11.0. The zero-order valence-corrected chi connectivity index (χ0v) is 14.0. The van der Waals surface area contributed by atoms with E-state index in [0.717, 1.165) is 5.56 Å². The minimum atomic E-state index is -0.357. The van der Waals surface area contributed by atoms with Gasteiger partial charge < -0.3 is 5.32 Å². The fourth-order valence-corrected chi connectivity index (χ4v) is 2.44. The fourth-order valence-electron chi connectivity index (χ4n) is 2.22. The standard InChI is InChI=1S/C18H20ClFN2O/c1-13-6-8-14(9-7-13)10-21-18(23)12-22(2)11-15-16(19)4-3-5-17(15)20/h3-9H,10-12H2,1-2H3,(H,21,23). The van der Waals surface area contributed by atoms with Gasteiger partial charge in [-0.15, -0.1) is 0 Å². The monoisotopic (exact) mass is 334 g/mol. The Labute approximate surface area is 141 Å². The Morgan fingerprint density at radius 2 is 1.91 bits per heavy atom. The highest BCUT2D eigenvalue weighted by Crippen LogP contribution is 2.20. The highest BCUT2D eigenvalue weighted by atomic mass is 35.5. The maximum Gasteiger partial charge on any atom is 0.234 e. The molecule has 0 aliphatic rings. The summed E-state index contributed by atoms with van der Waals surface area (Å²) >= 11 is 6.00. The number of rotatable bonds is 6. The van der Waals surface area contributed by atoms with Crippen molar-refractivity contribution in [1.29, 1.82) is 0 Å². The van der Waals surface area contributed by atoms with Crippen molar-refractivity contribution >= 4 is 17.5 Å². The maximum absolute atomic E-state index is 13.7. The topological polar surface area (TPSA) is 32.3 Å². The summed E-state index contributed by atoms with van der Waals surface area (Å²) in [5.74, 6) is -0.468. The van der Waals surface area contributed by atoms with Crippen molar-refractivity contribution in [2.75, 3.05) is 13.6 Å². The summed E-state index contributed by atoms with van der Waals surface area (Å²) in [5.41, 5.74) is 2.63. The molecule has 0 saturated carbocycles. The molecule has 0 unspecified atom stereocenters. The summed E-state index contributed by atoms with van der Waals surface area (Å²) in [6.45, 7) is 2.96. The van der Waals surface area contributed by atoms with Crippen molar-refractivity contribution in [3.05, 3.63) is 70.0 Å². The highest BCUT2D eigenvalue weighted by Gasteiger charge is 2.12. The Kier molecular flexibility index (Phi) is 6.13. The second kappa shape index (κ2) is 8.09. The van der Waals surface area contributed by atoms with Crippen LogP contribution in [0, 0.1) is 12.7 Å². The van der Waals surface area contributed by atoms with Gasteiger partial charge in [0, 0.05) is 23.7 Å². The zero-order chi connectivity index (χ0) is 16.8. The van der Waals surface area contributed by atoms with Crippen molar-refractivity contribution in [3.63, 3.8) is 0 Å². The molecule has 0 saturated heterocycles. The Morgan fingerprint density at radius 1 is 1.22 bits per heavy atom. The second-order valence-corrected chi connectivity index (χ2v) is 6.04. The van der Waals surface area contributed by atoms with E-state index in [1.54, 1.807) is 24.1 Å². The SMILES string of the molecule is Cc1ccc(CNC(=O)CN(C)Cc2c(F)cccc2Cl)cc1. The van der Waals surface area contributed by atoms with Gasteiger partial charge in [-0.1, -0.05) is 47.5 Å². The number of carbonyl (C=O) groups is 1.